The topological polar surface area (TPSA) is 58.9 Å². The minimum Gasteiger partial charge on any atom is -0.481 e. The monoisotopic (exact) mass is 527 g/mol. The van der Waals surface area contributed by atoms with Crippen molar-refractivity contribution in [2.24, 2.45) is 16.5 Å². The van der Waals surface area contributed by atoms with Gasteiger partial charge in [0.2, 0.25) is 0 Å². The van der Waals surface area contributed by atoms with Crippen LogP contribution in [0.2, 0.25) is 10.0 Å². The molecule has 1 unspecified atom stereocenters. The van der Waals surface area contributed by atoms with Crippen LogP contribution in [-0.2, 0) is 21.5 Å². The fourth-order valence-electron chi connectivity index (χ4n) is 6.55. The number of carbonyl (C=O) groups is 1. The summed E-state index contributed by atoms with van der Waals surface area (Å²) in [7, 11) is 0. The van der Waals surface area contributed by atoms with Crippen LogP contribution in [0.1, 0.15) is 87.1 Å². The van der Waals surface area contributed by atoms with E-state index in [1.165, 1.54) is 16.7 Å². The third kappa shape index (κ3) is 4.59. The summed E-state index contributed by atoms with van der Waals surface area (Å²) in [6, 6.07) is 9.93. The van der Waals surface area contributed by atoms with Crippen molar-refractivity contribution in [3.8, 4) is 0 Å². The van der Waals surface area contributed by atoms with E-state index in [0.717, 1.165) is 43.2 Å². The van der Waals surface area contributed by atoms with Gasteiger partial charge in [0.05, 0.1) is 10.4 Å². The molecule has 4 rings (SSSR count). The summed E-state index contributed by atoms with van der Waals surface area (Å²) in [6.45, 7) is 12.5. The van der Waals surface area contributed by atoms with Crippen molar-refractivity contribution in [3.05, 3.63) is 80.8 Å². The van der Waals surface area contributed by atoms with E-state index in [9.17, 15) is 9.90 Å². The Labute approximate surface area is 224 Å². The molecule has 1 N–H and O–H groups in total. The molecule has 0 heterocycles. The maximum atomic E-state index is 12.4. The molecule has 2 aromatic carbocycles. The number of oxime groups is 1. The number of fused-ring (bicyclic) bond motifs is 3. The average Bonchev–Trinajstić information content (AvgIpc) is 2.81. The van der Waals surface area contributed by atoms with Gasteiger partial charge in [-0.1, -0.05) is 74.3 Å². The second kappa shape index (κ2) is 10.2. The average molecular weight is 529 g/mol. The van der Waals surface area contributed by atoms with Gasteiger partial charge in [-0.3, -0.25) is 4.79 Å². The molecular formula is C30H35Cl2NO3. The van der Waals surface area contributed by atoms with E-state index >= 15 is 0 Å². The predicted octanol–water partition coefficient (Wildman–Crippen LogP) is 8.17. The molecule has 1 fully saturated rings. The zero-order valence-corrected chi connectivity index (χ0v) is 23.0. The summed E-state index contributed by atoms with van der Waals surface area (Å²) < 4.78 is 0. The minimum absolute atomic E-state index is 0.0676. The highest BCUT2D eigenvalue weighted by molar-refractivity contribution is 6.38. The molecule has 0 spiro atoms. The molecule has 2 aliphatic rings. The largest absolute Gasteiger partial charge is 0.481 e. The molecule has 2 aromatic rings. The molecular weight excluding hydrogens is 493 g/mol. The summed E-state index contributed by atoms with van der Waals surface area (Å²) >= 11 is 12.9. The number of hydrogen-bond acceptors (Lipinski definition) is 3. The van der Waals surface area contributed by atoms with Gasteiger partial charge in [0, 0.05) is 16.1 Å². The van der Waals surface area contributed by atoms with Gasteiger partial charge in [-0.15, -0.1) is 0 Å². The van der Waals surface area contributed by atoms with Crippen molar-refractivity contribution < 1.29 is 14.7 Å². The SMILES string of the molecule is C=CCO/N=C(\c1ccc(Cl)cc1Cl)c1cc2c(cc1C(C)C)CCC1[C@](C)(C(=O)O)CCC[C@]21C. The number of carboxylic acid groups (broad SMARTS) is 1. The summed E-state index contributed by atoms with van der Waals surface area (Å²) in [5.41, 5.74) is 5.08. The molecule has 3 atom stereocenters. The fraction of sp³-hybridized carbons (Fsp3) is 0.467. The molecule has 4 nitrogen and oxygen atoms in total. The van der Waals surface area contributed by atoms with E-state index in [-0.39, 0.29) is 23.9 Å². The highest BCUT2D eigenvalue weighted by Gasteiger charge is 2.55. The van der Waals surface area contributed by atoms with E-state index in [4.69, 9.17) is 28.0 Å². The van der Waals surface area contributed by atoms with Gasteiger partial charge in [-0.05, 0) is 90.8 Å². The molecule has 0 aromatic heterocycles. The first-order valence-corrected chi connectivity index (χ1v) is 13.5. The Hall–Kier alpha value is -2.30. The van der Waals surface area contributed by atoms with E-state index in [2.05, 4.69) is 44.6 Å². The zero-order chi connectivity index (χ0) is 26.3. The summed E-state index contributed by atoms with van der Waals surface area (Å²) in [6.07, 6.45) is 5.99. The number of aryl methyl sites for hydroxylation is 1. The molecule has 2 aliphatic carbocycles. The number of rotatable bonds is 7. The number of aliphatic carboxylic acids is 1. The molecule has 0 bridgehead atoms. The van der Waals surface area contributed by atoms with Crippen LogP contribution in [-0.4, -0.2) is 23.4 Å². The predicted molar refractivity (Wildman–Crippen MR) is 148 cm³/mol. The molecule has 0 amide bonds. The van der Waals surface area contributed by atoms with Gasteiger partial charge in [-0.2, -0.15) is 0 Å². The third-order valence-corrected chi connectivity index (χ3v) is 8.97. The van der Waals surface area contributed by atoms with Gasteiger partial charge in [-0.25, -0.2) is 0 Å². The Morgan fingerprint density at radius 2 is 1.97 bits per heavy atom. The van der Waals surface area contributed by atoms with E-state index in [1.54, 1.807) is 18.2 Å². The Balaban J connectivity index is 1.95. The van der Waals surface area contributed by atoms with Gasteiger partial charge < -0.3 is 9.94 Å². The molecule has 36 heavy (non-hydrogen) atoms. The summed E-state index contributed by atoms with van der Waals surface area (Å²) in [5, 5.41) is 15.8. The van der Waals surface area contributed by atoms with Crippen molar-refractivity contribution in [3.63, 3.8) is 0 Å². The van der Waals surface area contributed by atoms with Crippen LogP contribution in [0, 0.1) is 11.3 Å². The van der Waals surface area contributed by atoms with Gasteiger partial charge in [0.15, 0.2) is 0 Å². The van der Waals surface area contributed by atoms with E-state index in [1.807, 2.05) is 13.0 Å². The maximum absolute atomic E-state index is 12.4. The first kappa shape index (κ1) is 26.8. The Morgan fingerprint density at radius 3 is 2.61 bits per heavy atom. The van der Waals surface area contributed by atoms with E-state index < -0.39 is 11.4 Å². The lowest BCUT2D eigenvalue weighted by Crippen LogP contribution is -2.52. The van der Waals surface area contributed by atoms with Crippen LogP contribution < -0.4 is 0 Å². The Kier molecular flexibility index (Phi) is 7.60. The summed E-state index contributed by atoms with van der Waals surface area (Å²) in [4.78, 5) is 18.0. The van der Waals surface area contributed by atoms with Gasteiger partial charge >= 0.3 is 5.97 Å². The smallest absolute Gasteiger partial charge is 0.309 e. The van der Waals surface area contributed by atoms with Crippen LogP contribution in [0.15, 0.2) is 48.1 Å². The Morgan fingerprint density at radius 1 is 1.22 bits per heavy atom. The number of carboxylic acids is 1. The van der Waals surface area contributed by atoms with Crippen LogP contribution in [0.25, 0.3) is 0 Å². The molecule has 0 saturated heterocycles. The minimum atomic E-state index is -0.731. The normalized spacial score (nSPS) is 25.8. The second-order valence-corrected chi connectivity index (χ2v) is 11.8. The quantitative estimate of drug-likeness (QED) is 0.171. The van der Waals surface area contributed by atoms with E-state index in [0.29, 0.717) is 15.8 Å². The number of hydrogen-bond donors (Lipinski definition) is 1. The first-order chi connectivity index (χ1) is 17.0. The fourth-order valence-corrected chi connectivity index (χ4v) is 7.05. The van der Waals surface area contributed by atoms with Gasteiger partial charge in [0.1, 0.15) is 12.3 Å². The highest BCUT2D eigenvalue weighted by atomic mass is 35.5. The van der Waals surface area contributed by atoms with Crippen molar-refractivity contribution in [2.75, 3.05) is 6.61 Å². The van der Waals surface area contributed by atoms with Crippen molar-refractivity contribution in [1.82, 2.24) is 0 Å². The lowest BCUT2D eigenvalue weighted by atomic mass is 9.49. The van der Waals surface area contributed by atoms with Gasteiger partial charge in [0.25, 0.3) is 0 Å². The molecule has 6 heteroatoms. The second-order valence-electron chi connectivity index (χ2n) is 11.0. The van der Waals surface area contributed by atoms with Crippen molar-refractivity contribution >= 4 is 34.9 Å². The molecule has 192 valence electrons. The zero-order valence-electron chi connectivity index (χ0n) is 21.5. The highest BCUT2D eigenvalue weighted by Crippen LogP contribution is 2.57. The molecule has 1 saturated carbocycles. The van der Waals surface area contributed by atoms with Crippen molar-refractivity contribution in [2.45, 2.75) is 71.1 Å². The summed E-state index contributed by atoms with van der Waals surface area (Å²) in [5.74, 6) is -0.380. The van der Waals surface area contributed by atoms with Crippen LogP contribution >= 0.6 is 23.2 Å². The molecule has 0 radical (unpaired) electrons. The number of halogens is 2. The standard InChI is InChI=1S/C30H35Cl2NO3/c1-6-14-36-33-27(21-10-9-20(31)16-25(21)32)23-17-24-19(15-22(23)18(2)3)8-11-26-29(24,4)12-7-13-30(26,5)28(34)35/h6,9-10,15-18,26H,1,7-8,11-14H2,2-5H3,(H,34,35)/b33-27+/t26?,29-,30-/m1/s1. The first-order valence-electron chi connectivity index (χ1n) is 12.7. The lowest BCUT2D eigenvalue weighted by Gasteiger charge is -2.53. The lowest BCUT2D eigenvalue weighted by molar-refractivity contribution is -0.157. The maximum Gasteiger partial charge on any atom is 0.309 e. The van der Waals surface area contributed by atoms with Crippen LogP contribution in [0.5, 0.6) is 0 Å². The Bertz CT molecular complexity index is 1220. The number of nitrogens with zero attached hydrogens (tertiary/aromatic N) is 1. The third-order valence-electron chi connectivity index (χ3n) is 8.42. The van der Waals surface area contributed by atoms with Crippen molar-refractivity contribution in [1.29, 1.82) is 0 Å². The van der Waals surface area contributed by atoms with Crippen LogP contribution in [0.4, 0.5) is 0 Å². The molecule has 0 aliphatic heterocycles. The van der Waals surface area contributed by atoms with Crippen LogP contribution in [0.3, 0.4) is 0 Å². The number of benzene rings is 2.